The summed E-state index contributed by atoms with van der Waals surface area (Å²) in [6.07, 6.45) is 0. The summed E-state index contributed by atoms with van der Waals surface area (Å²) in [6, 6.07) is 7.15. The Balaban J connectivity index is 2.60. The summed E-state index contributed by atoms with van der Waals surface area (Å²) < 4.78 is 0. The van der Waals surface area contributed by atoms with Crippen molar-refractivity contribution in [1.82, 2.24) is 10.4 Å². The second-order valence-corrected chi connectivity index (χ2v) is 3.36. The minimum Gasteiger partial charge on any atom is -0.326 e. The first-order chi connectivity index (χ1) is 7.11. The van der Waals surface area contributed by atoms with Crippen LogP contribution in [0.4, 0.5) is 10.5 Å². The molecule has 2 amide bonds. The van der Waals surface area contributed by atoms with E-state index >= 15 is 0 Å². The Labute approximate surface area is 89.2 Å². The molecule has 15 heavy (non-hydrogen) atoms. The molecular weight excluding hydrogens is 192 g/mol. The second kappa shape index (κ2) is 5.33. The van der Waals surface area contributed by atoms with E-state index in [9.17, 15) is 4.79 Å². The van der Waals surface area contributed by atoms with Gasteiger partial charge in [0, 0.05) is 26.3 Å². The Kier molecular flexibility index (Phi) is 4.08. The maximum atomic E-state index is 11.3. The zero-order chi connectivity index (χ0) is 11.3. The molecule has 5 nitrogen and oxygen atoms in total. The van der Waals surface area contributed by atoms with Crippen molar-refractivity contribution >= 4 is 11.7 Å². The molecule has 0 bridgehead atoms. The molecule has 0 unspecified atom stereocenters. The summed E-state index contributed by atoms with van der Waals surface area (Å²) in [4.78, 5) is 11.3. The maximum absolute atomic E-state index is 11.3. The van der Waals surface area contributed by atoms with Crippen LogP contribution in [0.2, 0.25) is 0 Å². The van der Waals surface area contributed by atoms with E-state index in [1.165, 1.54) is 0 Å². The third-order valence-corrected chi connectivity index (χ3v) is 1.75. The van der Waals surface area contributed by atoms with Gasteiger partial charge in [-0.15, -0.1) is 0 Å². The van der Waals surface area contributed by atoms with Crippen LogP contribution < -0.4 is 16.5 Å². The average molecular weight is 208 g/mol. The maximum Gasteiger partial charge on any atom is 0.333 e. The predicted molar refractivity (Wildman–Crippen MR) is 60.2 cm³/mol. The van der Waals surface area contributed by atoms with Crippen molar-refractivity contribution < 1.29 is 4.79 Å². The van der Waals surface area contributed by atoms with Gasteiger partial charge in [-0.05, 0) is 17.7 Å². The number of carbonyl (C=O) groups excluding carboxylic acids is 1. The SMILES string of the molecule is CN(C)NC(=O)Nc1cccc(CN)c1. The molecule has 0 aromatic heterocycles. The molecule has 0 fully saturated rings. The van der Waals surface area contributed by atoms with Gasteiger partial charge in [-0.1, -0.05) is 12.1 Å². The van der Waals surface area contributed by atoms with Gasteiger partial charge in [0.2, 0.25) is 0 Å². The van der Waals surface area contributed by atoms with Crippen molar-refractivity contribution in [1.29, 1.82) is 0 Å². The first-order valence-electron chi connectivity index (χ1n) is 4.66. The van der Waals surface area contributed by atoms with Crippen molar-refractivity contribution in [3.63, 3.8) is 0 Å². The van der Waals surface area contributed by atoms with E-state index in [1.807, 2.05) is 24.3 Å². The molecule has 0 saturated heterocycles. The molecule has 1 aromatic rings. The third kappa shape index (κ3) is 3.97. The fraction of sp³-hybridized carbons (Fsp3) is 0.300. The Morgan fingerprint density at radius 2 is 2.20 bits per heavy atom. The molecule has 0 aliphatic carbocycles. The number of urea groups is 1. The highest BCUT2D eigenvalue weighted by Gasteiger charge is 2.01. The van der Waals surface area contributed by atoms with E-state index in [0.29, 0.717) is 6.54 Å². The van der Waals surface area contributed by atoms with E-state index in [0.717, 1.165) is 11.3 Å². The largest absolute Gasteiger partial charge is 0.333 e. The van der Waals surface area contributed by atoms with Crippen LogP contribution in [0.1, 0.15) is 5.56 Å². The van der Waals surface area contributed by atoms with Gasteiger partial charge in [-0.25, -0.2) is 9.80 Å². The topological polar surface area (TPSA) is 70.4 Å². The van der Waals surface area contributed by atoms with Crippen molar-refractivity contribution in [2.75, 3.05) is 19.4 Å². The van der Waals surface area contributed by atoms with Gasteiger partial charge in [0.05, 0.1) is 0 Å². The molecule has 82 valence electrons. The lowest BCUT2D eigenvalue weighted by Gasteiger charge is -2.13. The fourth-order valence-corrected chi connectivity index (χ4v) is 1.14. The molecular formula is C10H16N4O. The minimum atomic E-state index is -0.269. The van der Waals surface area contributed by atoms with Gasteiger partial charge < -0.3 is 11.1 Å². The Morgan fingerprint density at radius 3 is 2.80 bits per heavy atom. The number of nitrogens with two attached hydrogens (primary N) is 1. The fourth-order valence-electron chi connectivity index (χ4n) is 1.14. The number of hydrazine groups is 1. The quantitative estimate of drug-likeness (QED) is 0.642. The number of benzene rings is 1. The molecule has 0 aliphatic rings. The first-order valence-corrected chi connectivity index (χ1v) is 4.66. The van der Waals surface area contributed by atoms with Crippen molar-refractivity contribution in [2.24, 2.45) is 5.73 Å². The summed E-state index contributed by atoms with van der Waals surface area (Å²) in [7, 11) is 3.49. The van der Waals surface area contributed by atoms with Crippen LogP contribution in [-0.2, 0) is 6.54 Å². The van der Waals surface area contributed by atoms with Gasteiger partial charge in [0.25, 0.3) is 0 Å². The van der Waals surface area contributed by atoms with Crippen LogP contribution in [0.3, 0.4) is 0 Å². The van der Waals surface area contributed by atoms with Crippen LogP contribution in [0, 0.1) is 0 Å². The zero-order valence-electron chi connectivity index (χ0n) is 8.95. The molecule has 0 saturated carbocycles. The van der Waals surface area contributed by atoms with Crippen LogP contribution in [0.5, 0.6) is 0 Å². The van der Waals surface area contributed by atoms with Gasteiger partial charge in [-0.2, -0.15) is 0 Å². The monoisotopic (exact) mass is 208 g/mol. The van der Waals surface area contributed by atoms with Crippen LogP contribution in [0.15, 0.2) is 24.3 Å². The lowest BCUT2D eigenvalue weighted by Crippen LogP contribution is -2.39. The van der Waals surface area contributed by atoms with Gasteiger partial charge in [-0.3, -0.25) is 5.43 Å². The Hall–Kier alpha value is -1.59. The molecule has 4 N–H and O–H groups in total. The highest BCUT2D eigenvalue weighted by atomic mass is 16.2. The summed E-state index contributed by atoms with van der Waals surface area (Å²) in [5, 5.41) is 4.27. The molecule has 0 atom stereocenters. The van der Waals surface area contributed by atoms with Crippen molar-refractivity contribution in [2.45, 2.75) is 6.54 Å². The number of nitrogens with zero attached hydrogens (tertiary/aromatic N) is 1. The van der Waals surface area contributed by atoms with E-state index in [1.54, 1.807) is 19.1 Å². The summed E-state index contributed by atoms with van der Waals surface area (Å²) in [5.74, 6) is 0. The van der Waals surface area contributed by atoms with Crippen molar-refractivity contribution in [3.8, 4) is 0 Å². The smallest absolute Gasteiger partial charge is 0.326 e. The lowest BCUT2D eigenvalue weighted by molar-refractivity contribution is 0.224. The summed E-state index contributed by atoms with van der Waals surface area (Å²) in [6.45, 7) is 0.463. The first kappa shape index (κ1) is 11.5. The van der Waals surface area contributed by atoms with E-state index < -0.39 is 0 Å². The molecule has 1 aromatic carbocycles. The second-order valence-electron chi connectivity index (χ2n) is 3.36. The average Bonchev–Trinajstić information content (AvgIpc) is 2.16. The number of hydrogen-bond donors (Lipinski definition) is 3. The predicted octanol–water partition coefficient (Wildman–Crippen LogP) is 0.743. The summed E-state index contributed by atoms with van der Waals surface area (Å²) >= 11 is 0. The van der Waals surface area contributed by atoms with Crippen molar-refractivity contribution in [3.05, 3.63) is 29.8 Å². The molecule has 0 radical (unpaired) electrons. The number of amides is 2. The van der Waals surface area contributed by atoms with E-state index in [-0.39, 0.29) is 6.03 Å². The van der Waals surface area contributed by atoms with Gasteiger partial charge in [0.1, 0.15) is 0 Å². The van der Waals surface area contributed by atoms with Crippen LogP contribution in [-0.4, -0.2) is 25.1 Å². The Bertz CT molecular complexity index is 338. The van der Waals surface area contributed by atoms with E-state index in [2.05, 4.69) is 10.7 Å². The summed E-state index contributed by atoms with van der Waals surface area (Å²) in [5.41, 5.74) is 9.79. The highest BCUT2D eigenvalue weighted by molar-refractivity contribution is 5.88. The number of anilines is 1. The van der Waals surface area contributed by atoms with Gasteiger partial charge >= 0.3 is 6.03 Å². The normalized spacial score (nSPS) is 10.1. The molecule has 0 heterocycles. The highest BCUT2D eigenvalue weighted by Crippen LogP contribution is 2.09. The van der Waals surface area contributed by atoms with E-state index in [4.69, 9.17) is 5.73 Å². The number of rotatable bonds is 3. The van der Waals surface area contributed by atoms with Gasteiger partial charge in [0.15, 0.2) is 0 Å². The molecule has 0 aliphatic heterocycles. The minimum absolute atomic E-state index is 0.269. The van der Waals surface area contributed by atoms with Crippen LogP contribution in [0.25, 0.3) is 0 Å². The van der Waals surface area contributed by atoms with Crippen LogP contribution >= 0.6 is 0 Å². The zero-order valence-corrected chi connectivity index (χ0v) is 8.95. The third-order valence-electron chi connectivity index (χ3n) is 1.75. The number of carbonyl (C=O) groups is 1. The standard InChI is InChI=1S/C10H16N4O/c1-14(2)13-10(15)12-9-5-3-4-8(6-9)7-11/h3-6H,7,11H2,1-2H3,(H2,12,13,15). The molecule has 1 rings (SSSR count). The Morgan fingerprint density at radius 1 is 1.47 bits per heavy atom. The lowest BCUT2D eigenvalue weighted by atomic mass is 10.2. The molecule has 5 heteroatoms. The number of hydrogen-bond acceptors (Lipinski definition) is 3. The number of nitrogens with one attached hydrogen (secondary N) is 2. The molecule has 0 spiro atoms.